The normalized spacial score (nSPS) is 10.3. The molecule has 0 fully saturated rings. The van der Waals surface area contributed by atoms with E-state index in [0.717, 1.165) is 6.07 Å². The van der Waals surface area contributed by atoms with Crippen molar-refractivity contribution in [3.63, 3.8) is 0 Å². The number of hydrogen-bond acceptors (Lipinski definition) is 3. The summed E-state index contributed by atoms with van der Waals surface area (Å²) < 4.78 is 31.3. The minimum absolute atomic E-state index is 0.00542. The fraction of sp³-hybridized carbons (Fsp3) is 0.143. The van der Waals surface area contributed by atoms with Crippen LogP contribution in [0.2, 0.25) is 0 Å². The van der Waals surface area contributed by atoms with E-state index in [-0.39, 0.29) is 12.3 Å². The monoisotopic (exact) mass is 279 g/mol. The van der Waals surface area contributed by atoms with E-state index < -0.39 is 16.6 Å². The highest BCUT2D eigenvalue weighted by Crippen LogP contribution is 2.23. The van der Waals surface area contributed by atoms with Gasteiger partial charge in [-0.15, -0.1) is 0 Å². The third-order valence-electron chi connectivity index (χ3n) is 2.69. The zero-order chi connectivity index (χ0) is 14.7. The van der Waals surface area contributed by atoms with Gasteiger partial charge in [-0.05, 0) is 36.8 Å². The van der Waals surface area contributed by atoms with Crippen molar-refractivity contribution >= 4 is 5.69 Å². The van der Waals surface area contributed by atoms with Crippen molar-refractivity contribution in [2.45, 2.75) is 13.5 Å². The van der Waals surface area contributed by atoms with Gasteiger partial charge >= 0.3 is 0 Å². The Balaban J connectivity index is 2.11. The molecule has 0 saturated carbocycles. The van der Waals surface area contributed by atoms with Crippen LogP contribution < -0.4 is 4.74 Å². The van der Waals surface area contributed by atoms with Crippen LogP contribution in [0.4, 0.5) is 14.5 Å². The van der Waals surface area contributed by atoms with Crippen LogP contribution in [-0.2, 0) is 6.61 Å². The maximum Gasteiger partial charge on any atom is 0.272 e. The highest BCUT2D eigenvalue weighted by Gasteiger charge is 2.10. The molecule has 4 nitrogen and oxygen atoms in total. The zero-order valence-electron chi connectivity index (χ0n) is 10.6. The first-order chi connectivity index (χ1) is 9.45. The first-order valence-corrected chi connectivity index (χ1v) is 5.78. The molecule has 0 bridgehead atoms. The average Bonchev–Trinajstić information content (AvgIpc) is 2.35. The van der Waals surface area contributed by atoms with Crippen molar-refractivity contribution in [1.29, 1.82) is 0 Å². The summed E-state index contributed by atoms with van der Waals surface area (Å²) in [6.07, 6.45) is 0. The maximum atomic E-state index is 13.0. The Bertz CT molecular complexity index is 639. The van der Waals surface area contributed by atoms with Crippen molar-refractivity contribution in [3.8, 4) is 5.75 Å². The van der Waals surface area contributed by atoms with E-state index in [1.807, 2.05) is 0 Å². The number of nitro groups is 1. The molecule has 0 amide bonds. The molecule has 2 aromatic rings. The Morgan fingerprint density at radius 1 is 1.15 bits per heavy atom. The van der Waals surface area contributed by atoms with Crippen molar-refractivity contribution in [2.75, 3.05) is 0 Å². The number of ether oxygens (including phenoxy) is 1. The minimum atomic E-state index is -0.677. The van der Waals surface area contributed by atoms with Crippen molar-refractivity contribution in [2.24, 2.45) is 0 Å². The second kappa shape index (κ2) is 5.64. The Labute approximate surface area is 113 Å². The van der Waals surface area contributed by atoms with Gasteiger partial charge in [0.25, 0.3) is 5.69 Å². The van der Waals surface area contributed by atoms with E-state index in [0.29, 0.717) is 16.9 Å². The summed E-state index contributed by atoms with van der Waals surface area (Å²) in [5.41, 5.74) is 0.797. The number of rotatable bonds is 4. The topological polar surface area (TPSA) is 52.4 Å². The first kappa shape index (κ1) is 13.9. The molecule has 0 atom stereocenters. The predicted octanol–water partition coefficient (Wildman–Crippen LogP) is 3.76. The van der Waals surface area contributed by atoms with E-state index in [4.69, 9.17) is 4.74 Å². The maximum absolute atomic E-state index is 13.0. The van der Waals surface area contributed by atoms with Crippen LogP contribution in [-0.4, -0.2) is 4.92 Å². The lowest BCUT2D eigenvalue weighted by molar-refractivity contribution is -0.385. The number of hydrogen-bond donors (Lipinski definition) is 0. The van der Waals surface area contributed by atoms with Crippen LogP contribution in [0.5, 0.6) is 5.75 Å². The van der Waals surface area contributed by atoms with Crippen molar-refractivity contribution in [1.82, 2.24) is 0 Å². The Kier molecular flexibility index (Phi) is 3.93. The highest BCUT2D eigenvalue weighted by atomic mass is 19.1. The molecule has 2 rings (SSSR count). The van der Waals surface area contributed by atoms with Gasteiger partial charge in [0.1, 0.15) is 24.0 Å². The lowest BCUT2D eigenvalue weighted by Gasteiger charge is -2.07. The Morgan fingerprint density at radius 2 is 1.80 bits per heavy atom. The van der Waals surface area contributed by atoms with Crippen LogP contribution in [0.25, 0.3) is 0 Å². The molecular formula is C14H11F2NO3. The molecule has 0 aliphatic heterocycles. The van der Waals surface area contributed by atoms with Gasteiger partial charge in [-0.3, -0.25) is 10.1 Å². The molecule has 0 spiro atoms. The van der Waals surface area contributed by atoms with Gasteiger partial charge in [0.2, 0.25) is 0 Å². The third kappa shape index (κ3) is 3.28. The van der Waals surface area contributed by atoms with E-state index >= 15 is 0 Å². The molecule has 104 valence electrons. The molecule has 0 aliphatic carbocycles. The summed E-state index contributed by atoms with van der Waals surface area (Å²) in [6, 6.07) is 7.40. The fourth-order valence-corrected chi connectivity index (χ4v) is 1.78. The minimum Gasteiger partial charge on any atom is -0.489 e. The fourth-order valence-electron chi connectivity index (χ4n) is 1.78. The van der Waals surface area contributed by atoms with Crippen LogP contribution in [0.1, 0.15) is 11.1 Å². The summed E-state index contributed by atoms with van der Waals surface area (Å²) in [5.74, 6) is -0.954. The second-order valence-corrected chi connectivity index (χ2v) is 4.27. The third-order valence-corrected chi connectivity index (χ3v) is 2.69. The summed E-state index contributed by atoms with van der Waals surface area (Å²) in [4.78, 5) is 10.2. The number of halogens is 2. The first-order valence-electron chi connectivity index (χ1n) is 5.78. The van der Waals surface area contributed by atoms with E-state index in [2.05, 4.69) is 0 Å². The summed E-state index contributed by atoms with van der Waals surface area (Å²) in [5, 5.41) is 10.7. The molecule has 0 N–H and O–H groups in total. The van der Waals surface area contributed by atoms with Gasteiger partial charge in [-0.1, -0.05) is 0 Å². The molecule has 0 unspecified atom stereocenters. The quantitative estimate of drug-likeness (QED) is 0.632. The van der Waals surface area contributed by atoms with E-state index in [1.165, 1.54) is 30.3 Å². The molecular weight excluding hydrogens is 268 g/mol. The number of nitro benzene ring substituents is 1. The molecule has 6 heteroatoms. The lowest BCUT2D eigenvalue weighted by Crippen LogP contribution is -1.98. The number of benzene rings is 2. The van der Waals surface area contributed by atoms with Gasteiger partial charge in [-0.25, -0.2) is 8.78 Å². The summed E-state index contributed by atoms with van der Waals surface area (Å²) >= 11 is 0. The van der Waals surface area contributed by atoms with Crippen LogP contribution in [0.15, 0.2) is 36.4 Å². The standard InChI is InChI=1S/C14H11F2NO3/c1-9-4-13(2-3-14(9)17(18)19)20-8-10-5-11(15)7-12(16)6-10/h2-7H,8H2,1H3. The molecule has 0 aliphatic rings. The molecule has 20 heavy (non-hydrogen) atoms. The van der Waals surface area contributed by atoms with E-state index in [1.54, 1.807) is 6.92 Å². The van der Waals surface area contributed by atoms with Gasteiger partial charge in [-0.2, -0.15) is 0 Å². The Morgan fingerprint density at radius 3 is 2.35 bits per heavy atom. The largest absolute Gasteiger partial charge is 0.489 e. The summed E-state index contributed by atoms with van der Waals surface area (Å²) in [7, 11) is 0. The van der Waals surface area contributed by atoms with Crippen molar-refractivity contribution in [3.05, 3.63) is 69.3 Å². The van der Waals surface area contributed by atoms with Crippen LogP contribution in [0.3, 0.4) is 0 Å². The van der Waals surface area contributed by atoms with Gasteiger partial charge in [0.15, 0.2) is 0 Å². The van der Waals surface area contributed by atoms with Crippen molar-refractivity contribution < 1.29 is 18.4 Å². The second-order valence-electron chi connectivity index (χ2n) is 4.27. The number of nitrogens with zero attached hydrogens (tertiary/aromatic N) is 1. The SMILES string of the molecule is Cc1cc(OCc2cc(F)cc(F)c2)ccc1[N+](=O)[O-]. The predicted molar refractivity (Wildman–Crippen MR) is 68.5 cm³/mol. The Hall–Kier alpha value is -2.50. The molecule has 0 saturated heterocycles. The van der Waals surface area contributed by atoms with Crippen LogP contribution in [0, 0.1) is 28.7 Å². The lowest BCUT2D eigenvalue weighted by atomic mass is 10.2. The number of aryl methyl sites for hydroxylation is 1. The highest BCUT2D eigenvalue weighted by molar-refractivity contribution is 5.44. The van der Waals surface area contributed by atoms with Crippen LogP contribution >= 0.6 is 0 Å². The van der Waals surface area contributed by atoms with Gasteiger partial charge in [0.05, 0.1) is 4.92 Å². The van der Waals surface area contributed by atoms with Gasteiger partial charge in [0, 0.05) is 17.7 Å². The molecule has 0 radical (unpaired) electrons. The molecule has 0 aromatic heterocycles. The van der Waals surface area contributed by atoms with Gasteiger partial charge < -0.3 is 4.74 Å². The average molecular weight is 279 g/mol. The molecule has 2 aromatic carbocycles. The van der Waals surface area contributed by atoms with E-state index in [9.17, 15) is 18.9 Å². The zero-order valence-corrected chi connectivity index (χ0v) is 10.6. The molecule has 0 heterocycles. The summed E-state index contributed by atoms with van der Waals surface area (Å²) in [6.45, 7) is 1.57. The smallest absolute Gasteiger partial charge is 0.272 e.